The molecule has 1 aliphatic rings. The van der Waals surface area contributed by atoms with Crippen molar-refractivity contribution in [1.82, 2.24) is 15.2 Å². The third kappa shape index (κ3) is 4.87. The molecule has 0 bridgehead atoms. The van der Waals surface area contributed by atoms with Gasteiger partial charge in [0.2, 0.25) is 5.91 Å². The SMILES string of the molecule is COCCNC(=O)CN1CCN(c2ccc(N)nc2)CC1. The van der Waals surface area contributed by atoms with Crippen molar-refractivity contribution in [3.8, 4) is 0 Å². The summed E-state index contributed by atoms with van der Waals surface area (Å²) in [6.07, 6.45) is 1.79. The van der Waals surface area contributed by atoms with Gasteiger partial charge in [0.15, 0.2) is 0 Å². The van der Waals surface area contributed by atoms with Crippen molar-refractivity contribution in [3.05, 3.63) is 18.3 Å². The highest BCUT2D eigenvalue weighted by molar-refractivity contribution is 5.78. The van der Waals surface area contributed by atoms with Gasteiger partial charge in [-0.15, -0.1) is 0 Å². The van der Waals surface area contributed by atoms with Crippen molar-refractivity contribution < 1.29 is 9.53 Å². The molecule has 1 amide bonds. The molecule has 0 atom stereocenters. The van der Waals surface area contributed by atoms with E-state index in [1.165, 1.54) is 0 Å². The highest BCUT2D eigenvalue weighted by atomic mass is 16.5. The van der Waals surface area contributed by atoms with E-state index in [1.807, 2.05) is 12.1 Å². The minimum atomic E-state index is 0.0506. The van der Waals surface area contributed by atoms with Gasteiger partial charge in [0.05, 0.1) is 25.0 Å². The lowest BCUT2D eigenvalue weighted by Crippen LogP contribution is -2.49. The average Bonchev–Trinajstić information content (AvgIpc) is 2.49. The van der Waals surface area contributed by atoms with Crippen LogP contribution >= 0.6 is 0 Å². The maximum Gasteiger partial charge on any atom is 0.234 e. The predicted molar refractivity (Wildman–Crippen MR) is 82.2 cm³/mol. The second kappa shape index (κ2) is 7.80. The molecular weight excluding hydrogens is 270 g/mol. The first-order valence-corrected chi connectivity index (χ1v) is 7.13. The van der Waals surface area contributed by atoms with Crippen molar-refractivity contribution in [1.29, 1.82) is 0 Å². The quantitative estimate of drug-likeness (QED) is 0.691. The van der Waals surface area contributed by atoms with E-state index < -0.39 is 0 Å². The molecule has 0 aromatic carbocycles. The maximum atomic E-state index is 11.7. The predicted octanol–water partition coefficient (Wildman–Crippen LogP) is -0.452. The summed E-state index contributed by atoms with van der Waals surface area (Å²) in [5.41, 5.74) is 6.67. The van der Waals surface area contributed by atoms with Gasteiger partial charge in [0.1, 0.15) is 5.82 Å². The number of carbonyl (C=O) groups excluding carboxylic acids is 1. The molecule has 1 fully saturated rings. The zero-order valence-electron chi connectivity index (χ0n) is 12.4. The summed E-state index contributed by atoms with van der Waals surface area (Å²) in [7, 11) is 1.62. The van der Waals surface area contributed by atoms with E-state index in [2.05, 4.69) is 20.1 Å². The third-order valence-corrected chi connectivity index (χ3v) is 3.50. The molecule has 0 aliphatic carbocycles. The minimum Gasteiger partial charge on any atom is -0.384 e. The summed E-state index contributed by atoms with van der Waals surface area (Å²) < 4.78 is 4.90. The fraction of sp³-hybridized carbons (Fsp3) is 0.571. The number of carbonyl (C=O) groups is 1. The molecule has 0 radical (unpaired) electrons. The summed E-state index contributed by atoms with van der Waals surface area (Å²) in [4.78, 5) is 20.3. The number of nitrogens with two attached hydrogens (primary N) is 1. The van der Waals surface area contributed by atoms with Crippen LogP contribution in [-0.2, 0) is 9.53 Å². The number of amides is 1. The normalized spacial score (nSPS) is 16.0. The van der Waals surface area contributed by atoms with Gasteiger partial charge in [-0.25, -0.2) is 4.98 Å². The van der Waals surface area contributed by atoms with Gasteiger partial charge in [-0.1, -0.05) is 0 Å². The van der Waals surface area contributed by atoms with Gasteiger partial charge in [-0.05, 0) is 12.1 Å². The van der Waals surface area contributed by atoms with E-state index in [1.54, 1.807) is 13.3 Å². The first-order valence-electron chi connectivity index (χ1n) is 7.13. The minimum absolute atomic E-state index is 0.0506. The highest BCUT2D eigenvalue weighted by Crippen LogP contribution is 2.15. The Morgan fingerprint density at radius 2 is 2.14 bits per heavy atom. The molecule has 2 heterocycles. The number of rotatable bonds is 6. The monoisotopic (exact) mass is 293 g/mol. The Hall–Kier alpha value is -1.86. The zero-order valence-corrected chi connectivity index (χ0v) is 12.4. The van der Waals surface area contributed by atoms with Crippen molar-refractivity contribution in [2.45, 2.75) is 0 Å². The van der Waals surface area contributed by atoms with Crippen LogP contribution in [0.4, 0.5) is 11.5 Å². The van der Waals surface area contributed by atoms with E-state index in [9.17, 15) is 4.79 Å². The van der Waals surface area contributed by atoms with Crippen LogP contribution in [0.15, 0.2) is 18.3 Å². The summed E-state index contributed by atoms with van der Waals surface area (Å²) in [6.45, 7) is 5.05. The van der Waals surface area contributed by atoms with Gasteiger partial charge in [0.25, 0.3) is 0 Å². The van der Waals surface area contributed by atoms with Gasteiger partial charge in [-0.2, -0.15) is 0 Å². The molecule has 1 aromatic heterocycles. The first-order chi connectivity index (χ1) is 10.2. The number of hydrogen-bond acceptors (Lipinski definition) is 6. The number of piperazine rings is 1. The number of pyridine rings is 1. The summed E-state index contributed by atoms with van der Waals surface area (Å²) in [6, 6.07) is 3.79. The Labute approximate surface area is 125 Å². The molecule has 0 unspecified atom stereocenters. The fourth-order valence-corrected chi connectivity index (χ4v) is 2.30. The van der Waals surface area contributed by atoms with Gasteiger partial charge >= 0.3 is 0 Å². The Kier molecular flexibility index (Phi) is 5.77. The summed E-state index contributed by atoms with van der Waals surface area (Å²) in [5, 5.41) is 2.84. The van der Waals surface area contributed by atoms with Crippen LogP contribution in [0.1, 0.15) is 0 Å². The first kappa shape index (κ1) is 15.5. The number of methoxy groups -OCH3 is 1. The number of ether oxygens (including phenoxy) is 1. The maximum absolute atomic E-state index is 11.7. The lowest BCUT2D eigenvalue weighted by molar-refractivity contribution is -0.122. The largest absolute Gasteiger partial charge is 0.384 e. The van der Waals surface area contributed by atoms with E-state index in [0.29, 0.717) is 25.5 Å². The molecule has 1 saturated heterocycles. The number of hydrogen-bond donors (Lipinski definition) is 2. The molecule has 0 spiro atoms. The smallest absolute Gasteiger partial charge is 0.234 e. The molecule has 116 valence electrons. The molecule has 3 N–H and O–H groups in total. The van der Waals surface area contributed by atoms with E-state index in [4.69, 9.17) is 10.5 Å². The molecule has 0 saturated carbocycles. The molecule has 1 aliphatic heterocycles. The highest BCUT2D eigenvalue weighted by Gasteiger charge is 2.19. The van der Waals surface area contributed by atoms with E-state index in [-0.39, 0.29) is 5.91 Å². The Morgan fingerprint density at radius 1 is 1.38 bits per heavy atom. The second-order valence-electron chi connectivity index (χ2n) is 5.05. The molecule has 7 nitrogen and oxygen atoms in total. The molecule has 2 rings (SSSR count). The molecule has 1 aromatic rings. The third-order valence-electron chi connectivity index (χ3n) is 3.50. The number of nitrogens with one attached hydrogen (secondary N) is 1. The van der Waals surface area contributed by atoms with Crippen molar-refractivity contribution in [3.63, 3.8) is 0 Å². The standard InChI is InChI=1S/C14H23N5O2/c1-21-9-4-16-14(20)11-18-5-7-19(8-6-18)12-2-3-13(15)17-10-12/h2-3,10H,4-9,11H2,1H3,(H2,15,17)(H,16,20). The van der Waals surface area contributed by atoms with E-state index in [0.717, 1.165) is 31.9 Å². The molecular formula is C14H23N5O2. The van der Waals surface area contributed by atoms with Crippen molar-refractivity contribution in [2.75, 3.05) is 63.6 Å². The van der Waals surface area contributed by atoms with Gasteiger partial charge in [-0.3, -0.25) is 9.69 Å². The lowest BCUT2D eigenvalue weighted by Gasteiger charge is -2.35. The number of anilines is 2. The Morgan fingerprint density at radius 3 is 2.76 bits per heavy atom. The van der Waals surface area contributed by atoms with Crippen LogP contribution in [0.25, 0.3) is 0 Å². The van der Waals surface area contributed by atoms with Crippen LogP contribution in [0.3, 0.4) is 0 Å². The topological polar surface area (TPSA) is 83.7 Å². The van der Waals surface area contributed by atoms with Crippen LogP contribution in [0, 0.1) is 0 Å². The van der Waals surface area contributed by atoms with Crippen LogP contribution in [-0.4, -0.2) is 68.8 Å². The Bertz CT molecular complexity index is 443. The molecule has 21 heavy (non-hydrogen) atoms. The second-order valence-corrected chi connectivity index (χ2v) is 5.05. The summed E-state index contributed by atoms with van der Waals surface area (Å²) in [5.74, 6) is 0.583. The van der Waals surface area contributed by atoms with E-state index >= 15 is 0 Å². The van der Waals surface area contributed by atoms with Crippen LogP contribution in [0.5, 0.6) is 0 Å². The number of nitrogen functional groups attached to an aromatic ring is 1. The van der Waals surface area contributed by atoms with Crippen LogP contribution < -0.4 is 16.0 Å². The number of nitrogens with zero attached hydrogens (tertiary/aromatic N) is 3. The molecule has 7 heteroatoms. The van der Waals surface area contributed by atoms with Crippen molar-refractivity contribution >= 4 is 17.4 Å². The summed E-state index contributed by atoms with van der Waals surface area (Å²) >= 11 is 0. The zero-order chi connectivity index (χ0) is 15.1. The lowest BCUT2D eigenvalue weighted by atomic mass is 10.2. The number of aromatic nitrogens is 1. The van der Waals surface area contributed by atoms with Crippen molar-refractivity contribution in [2.24, 2.45) is 0 Å². The average molecular weight is 293 g/mol. The van der Waals surface area contributed by atoms with Crippen LogP contribution in [0.2, 0.25) is 0 Å². The van der Waals surface area contributed by atoms with Gasteiger partial charge < -0.3 is 20.7 Å². The van der Waals surface area contributed by atoms with Gasteiger partial charge in [0, 0.05) is 39.8 Å². The fourth-order valence-electron chi connectivity index (χ4n) is 2.30. The Balaban J connectivity index is 1.73.